The molecule has 0 heterocycles. The molecule has 186 valence electrons. The number of para-hydroxylation sites is 1. The number of carbonyl (C=O) groups excluding carboxylic acids is 2. The van der Waals surface area contributed by atoms with Gasteiger partial charge in [0.05, 0.1) is 13.7 Å². The molecule has 8 heteroatoms. The molecule has 0 saturated heterocycles. The van der Waals surface area contributed by atoms with E-state index in [0.29, 0.717) is 17.7 Å². The van der Waals surface area contributed by atoms with Crippen molar-refractivity contribution in [1.29, 1.82) is 0 Å². The van der Waals surface area contributed by atoms with Gasteiger partial charge in [0, 0.05) is 19.4 Å². The van der Waals surface area contributed by atoms with Crippen LogP contribution in [0.4, 0.5) is 4.79 Å². The molecule has 0 aromatic heterocycles. The fourth-order valence-electron chi connectivity index (χ4n) is 3.47. The van der Waals surface area contributed by atoms with E-state index >= 15 is 0 Å². The Balaban J connectivity index is 2.30. The van der Waals surface area contributed by atoms with Crippen LogP contribution in [-0.4, -0.2) is 61.3 Å². The van der Waals surface area contributed by atoms with Gasteiger partial charge in [-0.25, -0.2) is 9.59 Å². The van der Waals surface area contributed by atoms with E-state index in [0.717, 1.165) is 5.56 Å². The molecular formula is C26H35NO7. The molecule has 8 nitrogen and oxygen atoms in total. The van der Waals surface area contributed by atoms with Gasteiger partial charge in [-0.1, -0.05) is 37.3 Å². The summed E-state index contributed by atoms with van der Waals surface area (Å²) in [7, 11) is 3.02. The summed E-state index contributed by atoms with van der Waals surface area (Å²) in [6, 6.07) is 13.1. The van der Waals surface area contributed by atoms with Gasteiger partial charge in [-0.15, -0.1) is 0 Å². The lowest BCUT2D eigenvalue weighted by molar-refractivity contribution is -0.152. The highest BCUT2D eigenvalue weighted by atomic mass is 16.6. The molecule has 2 atom stereocenters. The Morgan fingerprint density at radius 2 is 1.68 bits per heavy atom. The minimum atomic E-state index is -1.01. The summed E-state index contributed by atoms with van der Waals surface area (Å²) in [4.78, 5) is 27.6. The van der Waals surface area contributed by atoms with Crippen molar-refractivity contribution in [3.05, 3.63) is 59.7 Å². The van der Waals surface area contributed by atoms with Crippen LogP contribution in [0.15, 0.2) is 48.5 Å². The largest absolute Gasteiger partial charge is 0.508 e. The number of aromatic hydroxyl groups is 1. The molecule has 0 aliphatic carbocycles. The first kappa shape index (κ1) is 27.0. The second-order valence-electron chi connectivity index (χ2n) is 8.92. The van der Waals surface area contributed by atoms with Crippen LogP contribution in [0.25, 0.3) is 0 Å². The number of esters is 1. The summed E-state index contributed by atoms with van der Waals surface area (Å²) in [6.07, 6.45) is -0.351. The molecule has 0 radical (unpaired) electrons. The van der Waals surface area contributed by atoms with Crippen LogP contribution in [-0.2, 0) is 25.4 Å². The summed E-state index contributed by atoms with van der Waals surface area (Å²) >= 11 is 0. The zero-order valence-corrected chi connectivity index (χ0v) is 20.7. The number of hydrogen-bond donors (Lipinski definition) is 1. The van der Waals surface area contributed by atoms with Crippen LogP contribution in [0.1, 0.15) is 44.7 Å². The van der Waals surface area contributed by atoms with Crippen molar-refractivity contribution in [3.63, 3.8) is 0 Å². The van der Waals surface area contributed by atoms with Gasteiger partial charge in [-0.3, -0.25) is 4.90 Å². The lowest BCUT2D eigenvalue weighted by atomic mass is 9.92. The maximum Gasteiger partial charge on any atom is 0.412 e. The molecule has 1 unspecified atom stereocenters. The number of phenols is 1. The third-order valence-electron chi connectivity index (χ3n) is 5.20. The van der Waals surface area contributed by atoms with E-state index in [4.69, 9.17) is 18.9 Å². The van der Waals surface area contributed by atoms with Gasteiger partial charge >= 0.3 is 12.1 Å². The first-order valence-corrected chi connectivity index (χ1v) is 11.1. The molecule has 2 rings (SSSR count). The highest BCUT2D eigenvalue weighted by Gasteiger charge is 2.38. The van der Waals surface area contributed by atoms with Crippen molar-refractivity contribution in [2.45, 2.75) is 51.7 Å². The molecule has 2 aromatic carbocycles. The van der Waals surface area contributed by atoms with E-state index in [1.165, 1.54) is 12.0 Å². The highest BCUT2D eigenvalue weighted by Crippen LogP contribution is 2.28. The Hall–Kier alpha value is -3.26. The number of carbonyl (C=O) groups is 2. The summed E-state index contributed by atoms with van der Waals surface area (Å²) in [5.41, 5.74) is 0.718. The number of amides is 1. The van der Waals surface area contributed by atoms with Crippen molar-refractivity contribution in [1.82, 2.24) is 4.90 Å². The lowest BCUT2D eigenvalue weighted by Gasteiger charge is -2.34. The first-order valence-electron chi connectivity index (χ1n) is 11.1. The van der Waals surface area contributed by atoms with E-state index in [1.54, 1.807) is 64.3 Å². The Labute approximate surface area is 201 Å². The third-order valence-corrected chi connectivity index (χ3v) is 5.20. The van der Waals surface area contributed by atoms with Gasteiger partial charge in [-0.2, -0.15) is 0 Å². The maximum absolute atomic E-state index is 13.3. The molecule has 2 aromatic rings. The van der Waals surface area contributed by atoms with Gasteiger partial charge in [0.15, 0.2) is 0 Å². The molecular weight excluding hydrogens is 438 g/mol. The van der Waals surface area contributed by atoms with Crippen LogP contribution in [0, 0.1) is 0 Å². The standard InChI is InChI=1S/C26H35NO7/c1-18(19-11-13-21(32-6)14-12-19)23(27(17-31-5)25(30)34-26(2,3)4)24(29)33-16-15-20-9-7-8-10-22(20)28/h7-14,18,23,28H,15-17H2,1-6H3/t18?,23-/m0/s1. The van der Waals surface area contributed by atoms with Crippen molar-refractivity contribution in [2.24, 2.45) is 0 Å². The van der Waals surface area contributed by atoms with Gasteiger partial charge in [0.2, 0.25) is 0 Å². The quantitative estimate of drug-likeness (QED) is 0.401. The summed E-state index contributed by atoms with van der Waals surface area (Å²) < 4.78 is 21.6. The van der Waals surface area contributed by atoms with Gasteiger partial charge < -0.3 is 24.1 Å². The van der Waals surface area contributed by atoms with Crippen LogP contribution >= 0.6 is 0 Å². The zero-order valence-electron chi connectivity index (χ0n) is 20.7. The average Bonchev–Trinajstić information content (AvgIpc) is 2.78. The topological polar surface area (TPSA) is 94.5 Å². The fraction of sp³-hybridized carbons (Fsp3) is 0.462. The lowest BCUT2D eigenvalue weighted by Crippen LogP contribution is -2.51. The molecule has 0 aliphatic rings. The van der Waals surface area contributed by atoms with Gasteiger partial charge in [-0.05, 0) is 50.1 Å². The Morgan fingerprint density at radius 3 is 2.24 bits per heavy atom. The summed E-state index contributed by atoms with van der Waals surface area (Å²) in [5.74, 6) is -0.219. The van der Waals surface area contributed by atoms with Crippen molar-refractivity contribution in [3.8, 4) is 11.5 Å². The van der Waals surface area contributed by atoms with Gasteiger partial charge in [0.1, 0.15) is 29.9 Å². The number of phenolic OH excluding ortho intramolecular Hbond substituents is 1. The number of hydrogen-bond acceptors (Lipinski definition) is 7. The molecule has 0 bridgehead atoms. The van der Waals surface area contributed by atoms with E-state index in [9.17, 15) is 14.7 Å². The molecule has 1 N–H and O–H groups in total. The Kier molecular flexibility index (Phi) is 9.74. The monoisotopic (exact) mass is 473 g/mol. The van der Waals surface area contributed by atoms with E-state index in [1.807, 2.05) is 19.1 Å². The van der Waals surface area contributed by atoms with Crippen LogP contribution in [0.3, 0.4) is 0 Å². The zero-order chi connectivity index (χ0) is 25.3. The first-order chi connectivity index (χ1) is 16.1. The number of methoxy groups -OCH3 is 2. The predicted octanol–water partition coefficient (Wildman–Crippen LogP) is 4.50. The minimum Gasteiger partial charge on any atom is -0.508 e. The molecule has 0 fully saturated rings. The van der Waals surface area contributed by atoms with Crippen LogP contribution in [0.2, 0.25) is 0 Å². The van der Waals surface area contributed by atoms with Crippen molar-refractivity contribution < 1.29 is 33.6 Å². The SMILES string of the molecule is COCN(C(=O)OC(C)(C)C)[C@H](C(=O)OCCc1ccccc1O)C(C)c1ccc(OC)cc1. The maximum atomic E-state index is 13.3. The van der Waals surface area contributed by atoms with Crippen molar-refractivity contribution >= 4 is 12.1 Å². The van der Waals surface area contributed by atoms with Crippen LogP contribution < -0.4 is 4.74 Å². The van der Waals surface area contributed by atoms with Crippen molar-refractivity contribution in [2.75, 3.05) is 27.6 Å². The fourth-order valence-corrected chi connectivity index (χ4v) is 3.47. The molecule has 0 spiro atoms. The average molecular weight is 474 g/mol. The summed E-state index contributed by atoms with van der Waals surface area (Å²) in [5, 5.41) is 9.97. The smallest absolute Gasteiger partial charge is 0.412 e. The molecule has 0 saturated carbocycles. The number of rotatable bonds is 10. The minimum absolute atomic E-state index is 0.0391. The number of ether oxygens (including phenoxy) is 4. The normalized spacial score (nSPS) is 13.0. The van der Waals surface area contributed by atoms with E-state index in [-0.39, 0.29) is 19.1 Å². The predicted molar refractivity (Wildman–Crippen MR) is 128 cm³/mol. The number of nitrogens with zero attached hydrogens (tertiary/aromatic N) is 1. The summed E-state index contributed by atoms with van der Waals surface area (Å²) in [6.45, 7) is 6.98. The highest BCUT2D eigenvalue weighted by molar-refractivity contribution is 5.82. The Morgan fingerprint density at radius 1 is 1.03 bits per heavy atom. The Bertz CT molecular complexity index is 937. The van der Waals surface area contributed by atoms with Gasteiger partial charge in [0.25, 0.3) is 0 Å². The molecule has 1 amide bonds. The second-order valence-corrected chi connectivity index (χ2v) is 8.92. The van der Waals surface area contributed by atoms with Crippen LogP contribution in [0.5, 0.6) is 11.5 Å². The van der Waals surface area contributed by atoms with E-state index in [2.05, 4.69) is 0 Å². The van der Waals surface area contributed by atoms with E-state index < -0.39 is 29.6 Å². The number of benzene rings is 2. The molecule has 34 heavy (non-hydrogen) atoms. The molecule has 0 aliphatic heterocycles. The second kappa shape index (κ2) is 12.3. The third kappa shape index (κ3) is 7.66.